The Balaban J connectivity index is 1.50. The first-order valence-corrected chi connectivity index (χ1v) is 7.29. The Kier molecular flexibility index (Phi) is 4.50. The van der Waals surface area contributed by atoms with E-state index < -0.39 is 0 Å². The second-order valence-corrected chi connectivity index (χ2v) is 4.98. The van der Waals surface area contributed by atoms with Crippen LogP contribution in [0.2, 0.25) is 0 Å². The summed E-state index contributed by atoms with van der Waals surface area (Å²) in [6.45, 7) is 2.37. The lowest BCUT2D eigenvalue weighted by atomic mass is 10.2. The first-order chi connectivity index (χ1) is 10.8. The Bertz CT molecular complexity index is 780. The molecule has 22 heavy (non-hydrogen) atoms. The van der Waals surface area contributed by atoms with E-state index in [0.717, 1.165) is 37.2 Å². The highest BCUT2D eigenvalue weighted by molar-refractivity contribution is 5.90. The number of hydrogen-bond donors (Lipinski definition) is 3. The molecule has 0 amide bonds. The zero-order valence-corrected chi connectivity index (χ0v) is 12.1. The van der Waals surface area contributed by atoms with Crippen LogP contribution in [0.5, 0.6) is 0 Å². The monoisotopic (exact) mass is 298 g/mol. The quantitative estimate of drug-likeness (QED) is 0.582. The van der Waals surface area contributed by atoms with E-state index in [1.807, 2.05) is 30.3 Å². The number of H-pyrrole nitrogens is 1. The van der Waals surface area contributed by atoms with Gasteiger partial charge in [0.2, 0.25) is 0 Å². The summed E-state index contributed by atoms with van der Waals surface area (Å²) in [6, 6.07) is 11.3. The SMILES string of the molecule is O=c1[nH]nc(NCCCNCc2ccco2)c2ccccc12. The molecule has 2 heterocycles. The molecule has 3 aromatic rings. The van der Waals surface area contributed by atoms with Crippen LogP contribution >= 0.6 is 0 Å². The third-order valence-corrected chi connectivity index (χ3v) is 3.40. The summed E-state index contributed by atoms with van der Waals surface area (Å²) < 4.78 is 5.25. The van der Waals surface area contributed by atoms with E-state index in [0.29, 0.717) is 11.2 Å². The summed E-state index contributed by atoms with van der Waals surface area (Å²) in [5, 5.41) is 14.7. The summed E-state index contributed by atoms with van der Waals surface area (Å²) in [6.07, 6.45) is 2.61. The van der Waals surface area contributed by atoms with E-state index >= 15 is 0 Å². The van der Waals surface area contributed by atoms with Gasteiger partial charge in [0.15, 0.2) is 5.82 Å². The summed E-state index contributed by atoms with van der Waals surface area (Å²) in [5.41, 5.74) is -0.165. The van der Waals surface area contributed by atoms with E-state index in [-0.39, 0.29) is 5.56 Å². The van der Waals surface area contributed by atoms with Crippen molar-refractivity contribution in [1.29, 1.82) is 0 Å². The lowest BCUT2D eigenvalue weighted by Gasteiger charge is -2.08. The highest BCUT2D eigenvalue weighted by Crippen LogP contribution is 2.16. The number of rotatable bonds is 7. The van der Waals surface area contributed by atoms with Gasteiger partial charge >= 0.3 is 0 Å². The molecule has 1 aromatic carbocycles. The van der Waals surface area contributed by atoms with Crippen molar-refractivity contribution in [3.8, 4) is 0 Å². The minimum absolute atomic E-state index is 0.165. The van der Waals surface area contributed by atoms with E-state index in [2.05, 4.69) is 20.8 Å². The number of nitrogens with one attached hydrogen (secondary N) is 3. The fraction of sp³-hybridized carbons (Fsp3) is 0.250. The number of furan rings is 1. The van der Waals surface area contributed by atoms with Gasteiger partial charge in [-0.15, -0.1) is 0 Å². The van der Waals surface area contributed by atoms with E-state index in [1.165, 1.54) is 0 Å². The predicted molar refractivity (Wildman–Crippen MR) is 85.9 cm³/mol. The molecule has 2 aromatic heterocycles. The van der Waals surface area contributed by atoms with Gasteiger partial charge < -0.3 is 15.1 Å². The van der Waals surface area contributed by atoms with Gasteiger partial charge in [0.25, 0.3) is 5.56 Å². The minimum Gasteiger partial charge on any atom is -0.468 e. The largest absolute Gasteiger partial charge is 0.468 e. The minimum atomic E-state index is -0.165. The average Bonchev–Trinajstić information content (AvgIpc) is 3.06. The number of fused-ring (bicyclic) bond motifs is 1. The van der Waals surface area contributed by atoms with E-state index in [1.54, 1.807) is 12.3 Å². The summed E-state index contributed by atoms with van der Waals surface area (Å²) in [4.78, 5) is 11.7. The number of aromatic amines is 1. The zero-order chi connectivity index (χ0) is 15.2. The van der Waals surface area contributed by atoms with Gasteiger partial charge in [-0.3, -0.25) is 4.79 Å². The van der Waals surface area contributed by atoms with Gasteiger partial charge in [-0.2, -0.15) is 5.10 Å². The second-order valence-electron chi connectivity index (χ2n) is 4.98. The highest BCUT2D eigenvalue weighted by atomic mass is 16.3. The summed E-state index contributed by atoms with van der Waals surface area (Å²) >= 11 is 0. The molecule has 0 saturated heterocycles. The Morgan fingerprint density at radius 1 is 1.09 bits per heavy atom. The van der Waals surface area contributed by atoms with Crippen LogP contribution in [0.15, 0.2) is 51.9 Å². The topological polar surface area (TPSA) is 83.0 Å². The molecule has 0 radical (unpaired) electrons. The van der Waals surface area contributed by atoms with E-state index in [9.17, 15) is 4.79 Å². The van der Waals surface area contributed by atoms with E-state index in [4.69, 9.17) is 4.42 Å². The molecule has 0 atom stereocenters. The van der Waals surface area contributed by atoms with Crippen molar-refractivity contribution in [1.82, 2.24) is 15.5 Å². The maximum Gasteiger partial charge on any atom is 0.272 e. The number of hydrogen-bond acceptors (Lipinski definition) is 5. The van der Waals surface area contributed by atoms with Crippen molar-refractivity contribution in [3.05, 3.63) is 58.8 Å². The highest BCUT2D eigenvalue weighted by Gasteiger charge is 2.04. The number of aromatic nitrogens is 2. The van der Waals surface area contributed by atoms with Gasteiger partial charge in [0, 0.05) is 11.9 Å². The average molecular weight is 298 g/mol. The van der Waals surface area contributed by atoms with Gasteiger partial charge in [0.1, 0.15) is 5.76 Å². The van der Waals surface area contributed by atoms with Crippen molar-refractivity contribution in [3.63, 3.8) is 0 Å². The molecule has 0 unspecified atom stereocenters. The van der Waals surface area contributed by atoms with Crippen LogP contribution in [0.1, 0.15) is 12.2 Å². The first-order valence-electron chi connectivity index (χ1n) is 7.29. The molecule has 114 valence electrons. The molecule has 3 rings (SSSR count). The molecule has 0 fully saturated rings. The van der Waals surface area contributed by atoms with Crippen LogP contribution in [0, 0.1) is 0 Å². The Morgan fingerprint density at radius 3 is 2.77 bits per heavy atom. The van der Waals surface area contributed by atoms with Crippen LogP contribution < -0.4 is 16.2 Å². The lowest BCUT2D eigenvalue weighted by Crippen LogP contribution is -2.18. The molecule has 0 bridgehead atoms. The molecule has 6 nitrogen and oxygen atoms in total. The van der Waals surface area contributed by atoms with Crippen LogP contribution in [0.25, 0.3) is 10.8 Å². The third-order valence-electron chi connectivity index (χ3n) is 3.40. The molecule has 0 aliphatic carbocycles. The van der Waals surface area contributed by atoms with Gasteiger partial charge in [-0.1, -0.05) is 18.2 Å². The first kappa shape index (κ1) is 14.3. The predicted octanol–water partition coefficient (Wildman–Crippen LogP) is 2.11. The second kappa shape index (κ2) is 6.91. The Morgan fingerprint density at radius 2 is 1.95 bits per heavy atom. The maximum absolute atomic E-state index is 11.7. The van der Waals surface area contributed by atoms with Gasteiger partial charge in [0.05, 0.1) is 18.2 Å². The van der Waals surface area contributed by atoms with Crippen molar-refractivity contribution < 1.29 is 4.42 Å². The molecule has 6 heteroatoms. The van der Waals surface area contributed by atoms with Crippen LogP contribution in [-0.4, -0.2) is 23.3 Å². The van der Waals surface area contributed by atoms with Crippen LogP contribution in [0.4, 0.5) is 5.82 Å². The molecule has 3 N–H and O–H groups in total. The van der Waals surface area contributed by atoms with Crippen molar-refractivity contribution >= 4 is 16.6 Å². The van der Waals surface area contributed by atoms with Crippen molar-refractivity contribution in [2.75, 3.05) is 18.4 Å². The molecule has 0 saturated carbocycles. The van der Waals surface area contributed by atoms with Gasteiger partial charge in [-0.05, 0) is 31.2 Å². The Hall–Kier alpha value is -2.60. The molecule has 0 aliphatic heterocycles. The number of nitrogens with zero attached hydrogens (tertiary/aromatic N) is 1. The smallest absolute Gasteiger partial charge is 0.272 e. The van der Waals surface area contributed by atoms with Crippen molar-refractivity contribution in [2.45, 2.75) is 13.0 Å². The molecular formula is C16H18N4O2. The maximum atomic E-state index is 11.7. The van der Waals surface area contributed by atoms with Crippen molar-refractivity contribution in [2.24, 2.45) is 0 Å². The zero-order valence-electron chi connectivity index (χ0n) is 12.1. The Labute approximate surface area is 127 Å². The van der Waals surface area contributed by atoms with Crippen LogP contribution in [0.3, 0.4) is 0 Å². The number of anilines is 1. The fourth-order valence-electron chi connectivity index (χ4n) is 2.29. The molecule has 0 spiro atoms. The van der Waals surface area contributed by atoms with Crippen LogP contribution in [-0.2, 0) is 6.54 Å². The molecule has 0 aliphatic rings. The third kappa shape index (κ3) is 3.35. The number of benzene rings is 1. The standard InChI is InChI=1S/C16H18N4O2/c21-16-14-7-2-1-6-13(14)15(19-20-16)18-9-4-8-17-11-12-5-3-10-22-12/h1-3,5-7,10,17H,4,8-9,11H2,(H,18,19)(H,20,21). The normalized spacial score (nSPS) is 10.9. The fourth-order valence-corrected chi connectivity index (χ4v) is 2.29. The molecular weight excluding hydrogens is 280 g/mol. The summed E-state index contributed by atoms with van der Waals surface area (Å²) in [7, 11) is 0. The van der Waals surface area contributed by atoms with Gasteiger partial charge in [-0.25, -0.2) is 5.10 Å². The summed E-state index contributed by atoms with van der Waals surface area (Å²) in [5.74, 6) is 1.64. The lowest BCUT2D eigenvalue weighted by molar-refractivity contribution is 0.482.